The van der Waals surface area contributed by atoms with Crippen molar-refractivity contribution >= 4 is 17.4 Å². The van der Waals surface area contributed by atoms with Gasteiger partial charge in [-0.1, -0.05) is 63.2 Å². The molecule has 1 unspecified atom stereocenters. The number of likely N-dealkylation sites (tertiary alicyclic amines) is 1. The maximum atomic E-state index is 12.8. The van der Waals surface area contributed by atoms with Gasteiger partial charge in [-0.3, -0.25) is 10.3 Å². The predicted molar refractivity (Wildman–Crippen MR) is 121 cm³/mol. The Kier molecular flexibility index (Phi) is 5.56. The Hall–Kier alpha value is -2.79. The third-order valence-corrected chi connectivity index (χ3v) is 5.98. The third-order valence-electron chi connectivity index (χ3n) is 5.98. The van der Waals surface area contributed by atoms with Gasteiger partial charge in [-0.15, -0.1) is 0 Å². The summed E-state index contributed by atoms with van der Waals surface area (Å²) in [6.07, 6.45) is 4.75. The molecular formula is C25H31N3O2. The van der Waals surface area contributed by atoms with E-state index in [1.165, 1.54) is 5.56 Å². The van der Waals surface area contributed by atoms with Crippen molar-refractivity contribution in [2.75, 3.05) is 18.4 Å². The van der Waals surface area contributed by atoms with E-state index in [2.05, 4.69) is 61.9 Å². The molecular weight excluding hydrogens is 374 g/mol. The lowest BCUT2D eigenvalue weighted by Gasteiger charge is -2.24. The molecule has 2 heterocycles. The van der Waals surface area contributed by atoms with Crippen LogP contribution in [0.5, 0.6) is 0 Å². The van der Waals surface area contributed by atoms with Crippen molar-refractivity contribution < 1.29 is 9.63 Å². The first-order chi connectivity index (χ1) is 14.3. The third kappa shape index (κ3) is 4.51. The maximum Gasteiger partial charge on any atom is 0.321 e. The fourth-order valence-corrected chi connectivity index (χ4v) is 4.07. The smallest absolute Gasteiger partial charge is 0.321 e. The Morgan fingerprint density at radius 3 is 2.47 bits per heavy atom. The van der Waals surface area contributed by atoms with Crippen LogP contribution < -0.4 is 10.8 Å². The number of rotatable bonds is 2. The molecule has 2 amide bonds. The minimum Gasteiger partial charge on any atom is -0.324 e. The van der Waals surface area contributed by atoms with Crippen molar-refractivity contribution in [3.05, 3.63) is 71.8 Å². The van der Waals surface area contributed by atoms with Crippen molar-refractivity contribution in [3.63, 3.8) is 0 Å². The summed E-state index contributed by atoms with van der Waals surface area (Å²) >= 11 is 0. The zero-order valence-corrected chi connectivity index (χ0v) is 18.1. The van der Waals surface area contributed by atoms with Gasteiger partial charge in [0.25, 0.3) is 0 Å². The lowest BCUT2D eigenvalue weighted by atomic mass is 9.87. The molecule has 2 N–H and O–H groups in total. The Morgan fingerprint density at radius 2 is 1.77 bits per heavy atom. The number of carbonyl (C=O) groups is 1. The van der Waals surface area contributed by atoms with Gasteiger partial charge in [0.15, 0.2) is 0 Å². The lowest BCUT2D eigenvalue weighted by Crippen LogP contribution is -2.37. The van der Waals surface area contributed by atoms with E-state index in [4.69, 9.17) is 4.84 Å². The molecule has 30 heavy (non-hydrogen) atoms. The van der Waals surface area contributed by atoms with Crippen LogP contribution in [-0.2, 0) is 10.3 Å². The van der Waals surface area contributed by atoms with Gasteiger partial charge in [-0.05, 0) is 47.6 Å². The van der Waals surface area contributed by atoms with Crippen LogP contribution in [0.4, 0.5) is 10.5 Å². The molecule has 0 aromatic heterocycles. The minimum atomic E-state index is -0.353. The summed E-state index contributed by atoms with van der Waals surface area (Å²) in [7, 11) is 0. The van der Waals surface area contributed by atoms with Crippen LogP contribution in [0.3, 0.4) is 0 Å². The van der Waals surface area contributed by atoms with Crippen molar-refractivity contribution in [2.45, 2.75) is 51.0 Å². The maximum absolute atomic E-state index is 12.8. The Labute approximate surface area is 179 Å². The van der Waals surface area contributed by atoms with E-state index in [0.717, 1.165) is 42.8 Å². The predicted octanol–water partition coefficient (Wildman–Crippen LogP) is 5.32. The molecule has 0 radical (unpaired) electrons. The highest BCUT2D eigenvalue weighted by atomic mass is 16.7. The number of hydroxylamine groups is 1. The van der Waals surface area contributed by atoms with Crippen LogP contribution in [0.2, 0.25) is 0 Å². The first-order valence-corrected chi connectivity index (χ1v) is 10.7. The molecule has 1 atom stereocenters. The molecule has 5 heteroatoms. The van der Waals surface area contributed by atoms with E-state index in [1.807, 2.05) is 35.2 Å². The van der Waals surface area contributed by atoms with Gasteiger partial charge in [-0.2, -0.15) is 0 Å². The van der Waals surface area contributed by atoms with Gasteiger partial charge in [0, 0.05) is 25.2 Å². The molecule has 5 nitrogen and oxygen atoms in total. The van der Waals surface area contributed by atoms with Crippen molar-refractivity contribution in [1.29, 1.82) is 0 Å². The van der Waals surface area contributed by atoms with Gasteiger partial charge in [0.2, 0.25) is 0 Å². The number of urea groups is 1. The highest BCUT2D eigenvalue weighted by Gasteiger charge is 2.38. The number of nitrogens with one attached hydrogen (secondary N) is 2. The Balaban J connectivity index is 1.38. The summed E-state index contributed by atoms with van der Waals surface area (Å²) in [5.41, 5.74) is 7.06. The molecule has 4 rings (SSSR count). The number of carbonyl (C=O) groups excluding carboxylic acids is 1. The second-order valence-corrected chi connectivity index (χ2v) is 9.29. The van der Waals surface area contributed by atoms with Gasteiger partial charge >= 0.3 is 6.03 Å². The average Bonchev–Trinajstić information content (AvgIpc) is 3.03. The van der Waals surface area contributed by atoms with E-state index in [9.17, 15) is 4.79 Å². The Morgan fingerprint density at radius 1 is 1.03 bits per heavy atom. The number of hydrogen-bond donors (Lipinski definition) is 2. The summed E-state index contributed by atoms with van der Waals surface area (Å²) in [5.74, 6) is 0. The second-order valence-electron chi connectivity index (χ2n) is 9.29. The van der Waals surface area contributed by atoms with E-state index >= 15 is 0 Å². The zero-order chi connectivity index (χ0) is 21.2. The van der Waals surface area contributed by atoms with E-state index in [0.29, 0.717) is 6.54 Å². The molecule has 2 aromatic rings. The summed E-state index contributed by atoms with van der Waals surface area (Å²) in [6, 6.07) is 18.3. The number of benzene rings is 2. The normalized spacial score (nSPS) is 21.7. The zero-order valence-electron chi connectivity index (χ0n) is 18.1. The standard InChI is InChI=1S/C25H31N3O2/c1-24(2,3)20-10-12-21(13-11-20)26-23(29)28-16-7-14-25(15-17-28)18-22(27-30-25)19-8-5-4-6-9-19/h4-6,8-13,18,27H,7,14-17H2,1-3H3,(H,26,29). The fraction of sp³-hybridized carbons (Fsp3) is 0.400. The number of anilines is 1. The minimum absolute atomic E-state index is 0.0474. The monoisotopic (exact) mass is 405 g/mol. The molecule has 0 bridgehead atoms. The lowest BCUT2D eigenvalue weighted by molar-refractivity contribution is -0.0420. The number of hydrogen-bond acceptors (Lipinski definition) is 3. The molecule has 1 fully saturated rings. The first-order valence-electron chi connectivity index (χ1n) is 10.7. The van der Waals surface area contributed by atoms with Crippen molar-refractivity contribution in [1.82, 2.24) is 10.4 Å². The fourth-order valence-electron chi connectivity index (χ4n) is 4.07. The quantitative estimate of drug-likeness (QED) is 0.711. The summed E-state index contributed by atoms with van der Waals surface area (Å²) in [4.78, 5) is 20.7. The van der Waals surface area contributed by atoms with Gasteiger partial charge in [0.05, 0.1) is 5.70 Å². The summed E-state index contributed by atoms with van der Waals surface area (Å²) in [6.45, 7) is 7.94. The molecule has 2 aliphatic rings. The molecule has 1 spiro atoms. The highest BCUT2D eigenvalue weighted by Crippen LogP contribution is 2.34. The molecule has 158 valence electrons. The van der Waals surface area contributed by atoms with Gasteiger partial charge < -0.3 is 10.2 Å². The largest absolute Gasteiger partial charge is 0.324 e. The van der Waals surface area contributed by atoms with Crippen molar-refractivity contribution in [2.24, 2.45) is 0 Å². The summed E-state index contributed by atoms with van der Waals surface area (Å²) in [5, 5.41) is 3.05. The van der Waals surface area contributed by atoms with Crippen LogP contribution in [0.25, 0.3) is 5.70 Å². The second kappa shape index (κ2) is 8.15. The van der Waals surface area contributed by atoms with Crippen LogP contribution in [0.1, 0.15) is 51.2 Å². The van der Waals surface area contributed by atoms with Gasteiger partial charge in [0.1, 0.15) is 5.60 Å². The topological polar surface area (TPSA) is 53.6 Å². The van der Waals surface area contributed by atoms with Crippen LogP contribution in [0, 0.1) is 0 Å². The molecule has 2 aliphatic heterocycles. The SMILES string of the molecule is CC(C)(C)c1ccc(NC(=O)N2CCCC3(C=C(c4ccccc4)NO3)CC2)cc1. The molecule has 0 saturated carbocycles. The number of amides is 2. The van der Waals surface area contributed by atoms with Crippen LogP contribution >= 0.6 is 0 Å². The van der Waals surface area contributed by atoms with E-state index < -0.39 is 0 Å². The van der Waals surface area contributed by atoms with Gasteiger partial charge in [-0.25, -0.2) is 4.79 Å². The summed E-state index contributed by atoms with van der Waals surface area (Å²) < 4.78 is 0. The average molecular weight is 406 g/mol. The Bertz CT molecular complexity index is 916. The first kappa shape index (κ1) is 20.5. The van der Waals surface area contributed by atoms with E-state index in [-0.39, 0.29) is 17.0 Å². The van der Waals surface area contributed by atoms with Crippen molar-refractivity contribution in [3.8, 4) is 0 Å². The molecule has 1 saturated heterocycles. The molecule has 0 aliphatic carbocycles. The van der Waals surface area contributed by atoms with Crippen LogP contribution in [-0.4, -0.2) is 29.6 Å². The van der Waals surface area contributed by atoms with Crippen LogP contribution in [0.15, 0.2) is 60.7 Å². The molecule has 2 aromatic carbocycles. The number of nitrogens with zero attached hydrogens (tertiary/aromatic N) is 1. The highest BCUT2D eigenvalue weighted by molar-refractivity contribution is 5.89. The van der Waals surface area contributed by atoms with E-state index in [1.54, 1.807) is 0 Å².